The molecule has 2 amide bonds. The number of amides is 2. The van der Waals surface area contributed by atoms with Crippen LogP contribution in [0.1, 0.15) is 26.7 Å². The quantitative estimate of drug-likeness (QED) is 0.808. The number of nitrogens with zero attached hydrogens (tertiary/aromatic N) is 3. The first-order chi connectivity index (χ1) is 11.9. The Kier molecular flexibility index (Phi) is 6.82. The van der Waals surface area contributed by atoms with Crippen molar-refractivity contribution < 1.29 is 9.59 Å². The van der Waals surface area contributed by atoms with Gasteiger partial charge in [-0.3, -0.25) is 14.5 Å². The van der Waals surface area contributed by atoms with Gasteiger partial charge in [0.15, 0.2) is 0 Å². The molecule has 0 saturated carbocycles. The molecule has 1 aromatic carbocycles. The van der Waals surface area contributed by atoms with Gasteiger partial charge < -0.3 is 15.5 Å². The number of para-hydroxylation sites is 1. The summed E-state index contributed by atoms with van der Waals surface area (Å²) in [5, 5.41) is 0. The zero-order valence-corrected chi connectivity index (χ0v) is 15.5. The van der Waals surface area contributed by atoms with Crippen LogP contribution in [0.3, 0.4) is 0 Å². The lowest BCUT2D eigenvalue weighted by Gasteiger charge is -2.42. The SMILES string of the molecule is CC(C)N1CCN(C(=O)CCCN(C)c2ccccc2)C[C@H]1C(N)=O. The highest BCUT2D eigenvalue weighted by Crippen LogP contribution is 2.15. The summed E-state index contributed by atoms with van der Waals surface area (Å²) in [5.74, 6) is -0.244. The summed E-state index contributed by atoms with van der Waals surface area (Å²) in [4.78, 5) is 30.2. The van der Waals surface area contributed by atoms with Crippen molar-refractivity contribution in [2.75, 3.05) is 38.1 Å². The van der Waals surface area contributed by atoms with E-state index in [4.69, 9.17) is 5.73 Å². The number of piperazine rings is 1. The van der Waals surface area contributed by atoms with E-state index in [2.05, 4.69) is 21.9 Å². The summed E-state index contributed by atoms with van der Waals surface area (Å²) in [5.41, 5.74) is 6.68. The minimum Gasteiger partial charge on any atom is -0.375 e. The van der Waals surface area contributed by atoms with Gasteiger partial charge in [0, 0.05) is 51.4 Å². The fourth-order valence-corrected chi connectivity index (χ4v) is 3.33. The topological polar surface area (TPSA) is 69.9 Å². The Morgan fingerprint density at radius 1 is 1.24 bits per heavy atom. The zero-order valence-electron chi connectivity index (χ0n) is 15.5. The van der Waals surface area contributed by atoms with Crippen molar-refractivity contribution in [1.29, 1.82) is 0 Å². The molecule has 1 saturated heterocycles. The monoisotopic (exact) mass is 346 g/mol. The Bertz CT molecular complexity index is 576. The molecular weight excluding hydrogens is 316 g/mol. The number of benzene rings is 1. The fourth-order valence-electron chi connectivity index (χ4n) is 3.33. The van der Waals surface area contributed by atoms with Crippen molar-refractivity contribution >= 4 is 17.5 Å². The minimum absolute atomic E-state index is 0.108. The molecule has 1 aliphatic heterocycles. The van der Waals surface area contributed by atoms with Gasteiger partial charge in [-0.05, 0) is 32.4 Å². The number of carbonyl (C=O) groups excluding carboxylic acids is 2. The van der Waals surface area contributed by atoms with Crippen molar-refractivity contribution in [1.82, 2.24) is 9.80 Å². The number of hydrogen-bond donors (Lipinski definition) is 1. The maximum absolute atomic E-state index is 12.5. The summed E-state index contributed by atoms with van der Waals surface area (Å²) in [6.45, 7) is 6.68. The van der Waals surface area contributed by atoms with E-state index < -0.39 is 0 Å². The third kappa shape index (κ3) is 5.19. The summed E-state index contributed by atoms with van der Waals surface area (Å²) in [6, 6.07) is 9.99. The molecule has 0 unspecified atom stereocenters. The summed E-state index contributed by atoms with van der Waals surface area (Å²) < 4.78 is 0. The Hall–Kier alpha value is -2.08. The van der Waals surface area contributed by atoms with E-state index in [1.165, 1.54) is 0 Å². The molecule has 0 bridgehead atoms. The lowest BCUT2D eigenvalue weighted by Crippen LogP contribution is -2.61. The van der Waals surface area contributed by atoms with Crippen molar-refractivity contribution in [3.8, 4) is 0 Å². The van der Waals surface area contributed by atoms with Gasteiger partial charge >= 0.3 is 0 Å². The molecule has 0 aromatic heterocycles. The van der Waals surface area contributed by atoms with Crippen LogP contribution >= 0.6 is 0 Å². The molecule has 1 atom stereocenters. The first kappa shape index (κ1) is 19.2. The van der Waals surface area contributed by atoms with Crippen LogP contribution in [0.4, 0.5) is 5.69 Å². The maximum Gasteiger partial charge on any atom is 0.236 e. The van der Waals surface area contributed by atoms with Crippen molar-refractivity contribution in [2.24, 2.45) is 5.73 Å². The highest BCUT2D eigenvalue weighted by Gasteiger charge is 2.33. The number of anilines is 1. The molecule has 2 rings (SSSR count). The Morgan fingerprint density at radius 2 is 1.92 bits per heavy atom. The van der Waals surface area contributed by atoms with Crippen LogP contribution < -0.4 is 10.6 Å². The summed E-state index contributed by atoms with van der Waals surface area (Å²) in [6.07, 6.45) is 1.28. The Balaban J connectivity index is 1.82. The van der Waals surface area contributed by atoms with Crippen molar-refractivity contribution in [3.05, 3.63) is 30.3 Å². The van der Waals surface area contributed by atoms with Gasteiger partial charge in [0.05, 0.1) is 0 Å². The molecular formula is C19H30N4O2. The van der Waals surface area contributed by atoms with Gasteiger partial charge in [-0.25, -0.2) is 0 Å². The molecule has 25 heavy (non-hydrogen) atoms. The summed E-state index contributed by atoms with van der Waals surface area (Å²) >= 11 is 0. The molecule has 6 nitrogen and oxygen atoms in total. The maximum atomic E-state index is 12.5. The van der Waals surface area contributed by atoms with E-state index in [0.29, 0.717) is 26.1 Å². The first-order valence-corrected chi connectivity index (χ1v) is 8.99. The predicted octanol–water partition coefficient (Wildman–Crippen LogP) is 1.31. The number of carbonyl (C=O) groups is 2. The second-order valence-corrected chi connectivity index (χ2v) is 6.95. The van der Waals surface area contributed by atoms with Gasteiger partial charge in [0.25, 0.3) is 0 Å². The van der Waals surface area contributed by atoms with Crippen molar-refractivity contribution in [2.45, 2.75) is 38.8 Å². The molecule has 1 fully saturated rings. The van der Waals surface area contributed by atoms with Crippen LogP contribution in [-0.2, 0) is 9.59 Å². The molecule has 1 heterocycles. The molecule has 1 aromatic rings. The standard InChI is InChI=1S/C19H30N4O2/c1-15(2)23-13-12-22(14-17(23)19(20)25)18(24)10-7-11-21(3)16-8-5-4-6-9-16/h4-6,8-9,15,17H,7,10-14H2,1-3H3,(H2,20,25)/t17-/m0/s1. The second-order valence-electron chi connectivity index (χ2n) is 6.95. The van der Waals surface area contributed by atoms with Gasteiger partial charge in [0.2, 0.25) is 11.8 Å². The smallest absolute Gasteiger partial charge is 0.236 e. The molecule has 138 valence electrons. The van der Waals surface area contributed by atoms with Crippen LogP contribution in [0.15, 0.2) is 30.3 Å². The number of nitrogens with two attached hydrogens (primary N) is 1. The molecule has 0 radical (unpaired) electrons. The Labute approximate surface area is 150 Å². The van der Waals surface area contributed by atoms with E-state index in [9.17, 15) is 9.59 Å². The fraction of sp³-hybridized carbons (Fsp3) is 0.579. The lowest BCUT2D eigenvalue weighted by atomic mass is 10.1. The van der Waals surface area contributed by atoms with Gasteiger partial charge in [-0.2, -0.15) is 0 Å². The third-order valence-electron chi connectivity index (χ3n) is 4.85. The van der Waals surface area contributed by atoms with E-state index in [-0.39, 0.29) is 23.9 Å². The van der Waals surface area contributed by atoms with Gasteiger partial charge in [0.1, 0.15) is 6.04 Å². The minimum atomic E-state index is -0.385. The second kappa shape index (κ2) is 8.85. The van der Waals surface area contributed by atoms with Crippen LogP contribution in [0.2, 0.25) is 0 Å². The van der Waals surface area contributed by atoms with Gasteiger partial charge in [-0.1, -0.05) is 18.2 Å². The van der Waals surface area contributed by atoms with Crippen LogP contribution in [-0.4, -0.2) is 66.9 Å². The molecule has 0 spiro atoms. The lowest BCUT2D eigenvalue weighted by molar-refractivity contribution is -0.138. The molecule has 1 aliphatic rings. The summed E-state index contributed by atoms with van der Waals surface area (Å²) in [7, 11) is 2.03. The number of primary amides is 1. The average molecular weight is 346 g/mol. The van der Waals surface area contributed by atoms with E-state index in [1.54, 1.807) is 4.90 Å². The zero-order chi connectivity index (χ0) is 18.4. The average Bonchev–Trinajstić information content (AvgIpc) is 2.61. The largest absolute Gasteiger partial charge is 0.375 e. The van der Waals surface area contributed by atoms with Gasteiger partial charge in [-0.15, -0.1) is 0 Å². The van der Waals surface area contributed by atoms with E-state index >= 15 is 0 Å². The van der Waals surface area contributed by atoms with E-state index in [0.717, 1.165) is 18.7 Å². The van der Waals surface area contributed by atoms with Crippen LogP contribution in [0.5, 0.6) is 0 Å². The normalized spacial score (nSPS) is 18.4. The highest BCUT2D eigenvalue weighted by atomic mass is 16.2. The first-order valence-electron chi connectivity index (χ1n) is 8.99. The highest BCUT2D eigenvalue weighted by molar-refractivity contribution is 5.82. The number of hydrogen-bond acceptors (Lipinski definition) is 4. The predicted molar refractivity (Wildman–Crippen MR) is 100 cm³/mol. The molecule has 0 aliphatic carbocycles. The number of rotatable bonds is 7. The van der Waals surface area contributed by atoms with Crippen LogP contribution in [0.25, 0.3) is 0 Å². The molecule has 2 N–H and O–H groups in total. The third-order valence-corrected chi connectivity index (χ3v) is 4.85. The van der Waals surface area contributed by atoms with E-state index in [1.807, 2.05) is 39.1 Å². The molecule has 6 heteroatoms. The van der Waals surface area contributed by atoms with Crippen molar-refractivity contribution in [3.63, 3.8) is 0 Å². The Morgan fingerprint density at radius 3 is 2.52 bits per heavy atom. The van der Waals surface area contributed by atoms with Crippen LogP contribution in [0, 0.1) is 0 Å².